The molecule has 0 aliphatic rings. The zero-order valence-corrected chi connectivity index (χ0v) is 16.5. The molecule has 2 rings (SSSR count). The highest BCUT2D eigenvalue weighted by Crippen LogP contribution is 2.37. The van der Waals surface area contributed by atoms with Crippen molar-refractivity contribution in [3.63, 3.8) is 0 Å². The van der Waals surface area contributed by atoms with Crippen LogP contribution in [0.3, 0.4) is 0 Å². The van der Waals surface area contributed by atoms with E-state index in [0.717, 1.165) is 11.9 Å². The Morgan fingerprint density at radius 1 is 1.00 bits per heavy atom. The average Bonchev–Trinajstić information content (AvgIpc) is 2.61. The van der Waals surface area contributed by atoms with E-state index in [9.17, 15) is 4.79 Å². The van der Waals surface area contributed by atoms with Crippen LogP contribution in [0.25, 0.3) is 0 Å². The molecule has 2 nitrogen and oxygen atoms in total. The number of benzene rings is 2. The molecule has 0 amide bonds. The van der Waals surface area contributed by atoms with E-state index in [4.69, 9.17) is 4.43 Å². The maximum atomic E-state index is 10.6. The molecule has 2 aromatic rings. The smallest absolute Gasteiger partial charge is 0.261 e. The standard InChI is InChI=1S/C22H28O2Si/c1-19(12-11-17-23)18-24-25(22(2,3)4,20-13-7-5-8-14-20)21-15-9-6-10-16-21/h5-10,13-17H,1,11-12,18H2,2-4H3. The first kappa shape index (κ1) is 19.4. The van der Waals surface area contributed by atoms with Gasteiger partial charge >= 0.3 is 0 Å². The van der Waals surface area contributed by atoms with E-state index >= 15 is 0 Å². The Balaban J connectivity index is 2.49. The Kier molecular flexibility index (Phi) is 6.51. The van der Waals surface area contributed by atoms with Crippen LogP contribution in [0.1, 0.15) is 33.6 Å². The molecular formula is C22H28O2Si. The van der Waals surface area contributed by atoms with Gasteiger partial charge in [0.1, 0.15) is 6.29 Å². The van der Waals surface area contributed by atoms with Gasteiger partial charge < -0.3 is 9.22 Å². The van der Waals surface area contributed by atoms with Crippen LogP contribution in [0.15, 0.2) is 72.8 Å². The summed E-state index contributed by atoms with van der Waals surface area (Å²) in [5.74, 6) is 0. The number of carbonyl (C=O) groups is 1. The lowest BCUT2D eigenvalue weighted by atomic mass is 10.2. The van der Waals surface area contributed by atoms with Gasteiger partial charge in [-0.15, -0.1) is 0 Å². The summed E-state index contributed by atoms with van der Waals surface area (Å²) in [6.07, 6.45) is 2.12. The number of aldehydes is 1. The molecule has 0 aliphatic heterocycles. The molecule has 0 aromatic heterocycles. The van der Waals surface area contributed by atoms with Crippen molar-refractivity contribution in [2.24, 2.45) is 0 Å². The number of rotatable bonds is 8. The van der Waals surface area contributed by atoms with Gasteiger partial charge in [-0.3, -0.25) is 0 Å². The summed E-state index contributed by atoms with van der Waals surface area (Å²) >= 11 is 0. The predicted molar refractivity (Wildman–Crippen MR) is 108 cm³/mol. The molecule has 132 valence electrons. The summed E-state index contributed by atoms with van der Waals surface area (Å²) in [5, 5.41) is 2.48. The second-order valence-corrected chi connectivity index (χ2v) is 11.7. The number of hydrogen-bond acceptors (Lipinski definition) is 2. The highest BCUT2D eigenvalue weighted by molar-refractivity contribution is 6.99. The van der Waals surface area contributed by atoms with Gasteiger partial charge in [-0.1, -0.05) is 93.6 Å². The van der Waals surface area contributed by atoms with Gasteiger partial charge in [-0.25, -0.2) is 0 Å². The van der Waals surface area contributed by atoms with Crippen molar-refractivity contribution in [2.45, 2.75) is 38.7 Å². The quantitative estimate of drug-likeness (QED) is 0.406. The van der Waals surface area contributed by atoms with E-state index in [2.05, 4.69) is 75.9 Å². The Morgan fingerprint density at radius 2 is 1.48 bits per heavy atom. The Bertz CT molecular complexity index is 647. The topological polar surface area (TPSA) is 26.3 Å². The maximum absolute atomic E-state index is 10.6. The molecule has 0 N–H and O–H groups in total. The predicted octanol–water partition coefficient (Wildman–Crippen LogP) is 4.10. The summed E-state index contributed by atoms with van der Waals surface area (Å²) in [5.41, 5.74) is 0.972. The zero-order chi connectivity index (χ0) is 18.3. The third-order valence-electron chi connectivity index (χ3n) is 4.53. The van der Waals surface area contributed by atoms with E-state index in [0.29, 0.717) is 19.4 Å². The minimum atomic E-state index is -2.50. The largest absolute Gasteiger partial charge is 0.403 e. The number of carbonyl (C=O) groups excluding carboxylic acids is 1. The fourth-order valence-electron chi connectivity index (χ4n) is 3.31. The molecular weight excluding hydrogens is 324 g/mol. The van der Waals surface area contributed by atoms with Crippen LogP contribution in [0.4, 0.5) is 0 Å². The van der Waals surface area contributed by atoms with Crippen LogP contribution in [0, 0.1) is 0 Å². The summed E-state index contributed by atoms with van der Waals surface area (Å²) in [6.45, 7) is 11.4. The lowest BCUT2D eigenvalue weighted by Crippen LogP contribution is -2.66. The van der Waals surface area contributed by atoms with Crippen LogP contribution < -0.4 is 10.4 Å². The van der Waals surface area contributed by atoms with Crippen molar-refractivity contribution in [2.75, 3.05) is 6.61 Å². The zero-order valence-electron chi connectivity index (χ0n) is 15.5. The molecule has 0 unspecified atom stereocenters. The Morgan fingerprint density at radius 3 is 1.88 bits per heavy atom. The van der Waals surface area contributed by atoms with Gasteiger partial charge in [-0.05, 0) is 21.8 Å². The van der Waals surface area contributed by atoms with Crippen LogP contribution >= 0.6 is 0 Å². The van der Waals surface area contributed by atoms with Crippen LogP contribution in [0.5, 0.6) is 0 Å². The monoisotopic (exact) mass is 352 g/mol. The summed E-state index contributed by atoms with van der Waals surface area (Å²) < 4.78 is 6.75. The summed E-state index contributed by atoms with van der Waals surface area (Å²) in [6, 6.07) is 21.1. The summed E-state index contributed by atoms with van der Waals surface area (Å²) in [4.78, 5) is 10.6. The van der Waals surface area contributed by atoms with E-state index in [1.54, 1.807) is 0 Å². The molecule has 0 bridgehead atoms. The third-order valence-corrected chi connectivity index (χ3v) is 9.51. The van der Waals surface area contributed by atoms with Crippen molar-refractivity contribution >= 4 is 25.0 Å². The summed E-state index contributed by atoms with van der Waals surface area (Å²) in [7, 11) is -2.50. The van der Waals surface area contributed by atoms with Crippen molar-refractivity contribution in [1.29, 1.82) is 0 Å². The van der Waals surface area contributed by atoms with Gasteiger partial charge in [0.05, 0.1) is 6.61 Å². The van der Waals surface area contributed by atoms with Crippen LogP contribution in [-0.2, 0) is 9.22 Å². The second-order valence-electron chi connectivity index (χ2n) is 7.41. The van der Waals surface area contributed by atoms with Gasteiger partial charge in [-0.2, -0.15) is 0 Å². The second kappa shape index (κ2) is 8.41. The Hall–Kier alpha value is -1.97. The van der Waals surface area contributed by atoms with E-state index in [1.165, 1.54) is 10.4 Å². The molecule has 0 atom stereocenters. The van der Waals surface area contributed by atoms with Gasteiger partial charge in [0, 0.05) is 6.42 Å². The van der Waals surface area contributed by atoms with Crippen molar-refractivity contribution in [3.8, 4) is 0 Å². The fourth-order valence-corrected chi connectivity index (χ4v) is 7.88. The van der Waals surface area contributed by atoms with E-state index in [1.807, 2.05) is 12.1 Å². The normalized spacial score (nSPS) is 12.0. The number of hydrogen-bond donors (Lipinski definition) is 0. The Labute approximate surface area is 152 Å². The van der Waals surface area contributed by atoms with Gasteiger partial charge in [0.2, 0.25) is 0 Å². The first-order valence-electron chi connectivity index (χ1n) is 8.77. The highest BCUT2D eigenvalue weighted by atomic mass is 28.4. The van der Waals surface area contributed by atoms with Crippen LogP contribution in [-0.4, -0.2) is 21.2 Å². The molecule has 0 heterocycles. The van der Waals surface area contributed by atoms with Crippen LogP contribution in [0.2, 0.25) is 5.04 Å². The highest BCUT2D eigenvalue weighted by Gasteiger charge is 2.50. The first-order valence-corrected chi connectivity index (χ1v) is 10.7. The maximum Gasteiger partial charge on any atom is 0.261 e. The minimum Gasteiger partial charge on any atom is -0.403 e. The molecule has 25 heavy (non-hydrogen) atoms. The molecule has 0 saturated heterocycles. The van der Waals surface area contributed by atoms with E-state index < -0.39 is 8.32 Å². The molecule has 0 saturated carbocycles. The van der Waals surface area contributed by atoms with E-state index in [-0.39, 0.29) is 5.04 Å². The van der Waals surface area contributed by atoms with Gasteiger partial charge in [0.15, 0.2) is 0 Å². The lowest BCUT2D eigenvalue weighted by molar-refractivity contribution is -0.107. The molecule has 3 heteroatoms. The van der Waals surface area contributed by atoms with Crippen molar-refractivity contribution in [1.82, 2.24) is 0 Å². The fraction of sp³-hybridized carbons (Fsp3) is 0.318. The SMILES string of the molecule is C=C(CCC=O)CO[Si](c1ccccc1)(c1ccccc1)C(C)(C)C. The van der Waals surface area contributed by atoms with Crippen molar-refractivity contribution in [3.05, 3.63) is 72.8 Å². The molecule has 0 aliphatic carbocycles. The van der Waals surface area contributed by atoms with Crippen molar-refractivity contribution < 1.29 is 9.22 Å². The third kappa shape index (κ3) is 4.36. The molecule has 0 spiro atoms. The van der Waals surface area contributed by atoms with Gasteiger partial charge in [0.25, 0.3) is 8.32 Å². The molecule has 0 radical (unpaired) electrons. The molecule has 2 aromatic carbocycles. The molecule has 0 fully saturated rings. The average molecular weight is 353 g/mol. The first-order chi connectivity index (χ1) is 11.9. The lowest BCUT2D eigenvalue weighted by Gasteiger charge is -2.43. The minimum absolute atomic E-state index is 0.0410.